The summed E-state index contributed by atoms with van der Waals surface area (Å²) in [6, 6.07) is 0. The summed E-state index contributed by atoms with van der Waals surface area (Å²) in [5.41, 5.74) is 5.27. The molecule has 0 bridgehead atoms. The number of allylic oxidation sites excluding steroid dienone is 5. The van der Waals surface area contributed by atoms with Crippen molar-refractivity contribution in [3.8, 4) is 0 Å². The highest BCUT2D eigenvalue weighted by Gasteiger charge is 2.50. The molecule has 3 rings (SSSR count). The fraction of sp³-hybridized carbons (Fsp3) is 0.778. The van der Waals surface area contributed by atoms with E-state index in [1.807, 2.05) is 0 Å². The van der Waals surface area contributed by atoms with E-state index in [1.54, 1.807) is 5.57 Å². The number of fused-ring (bicyclic) bond motifs is 1. The zero-order valence-electron chi connectivity index (χ0n) is 18.7. The summed E-state index contributed by atoms with van der Waals surface area (Å²) in [5, 5.41) is 0. The Morgan fingerprint density at radius 1 is 1.00 bits per heavy atom. The van der Waals surface area contributed by atoms with Gasteiger partial charge in [-0.25, -0.2) is 0 Å². The molecule has 0 spiro atoms. The van der Waals surface area contributed by atoms with Crippen LogP contribution < -0.4 is 0 Å². The first-order chi connectivity index (χ1) is 12.9. The van der Waals surface area contributed by atoms with Crippen LogP contribution in [0.15, 0.2) is 35.5 Å². The molecule has 0 aliphatic heterocycles. The third-order valence-electron chi connectivity index (χ3n) is 8.29. The summed E-state index contributed by atoms with van der Waals surface area (Å²) in [6.45, 7) is 14.3. The molecule has 0 aromatic heterocycles. The second-order valence-corrected chi connectivity index (χ2v) is 10.6. The van der Waals surface area contributed by atoms with Crippen LogP contribution in [0.3, 0.4) is 0 Å². The Hall–Kier alpha value is -0.780. The van der Waals surface area contributed by atoms with Crippen molar-refractivity contribution < 1.29 is 0 Å². The van der Waals surface area contributed by atoms with Gasteiger partial charge in [0.1, 0.15) is 0 Å². The molecule has 3 saturated carbocycles. The van der Waals surface area contributed by atoms with E-state index in [9.17, 15) is 0 Å². The van der Waals surface area contributed by atoms with Gasteiger partial charge in [0.2, 0.25) is 0 Å². The number of hydrogen-bond donors (Lipinski definition) is 0. The lowest BCUT2D eigenvalue weighted by Crippen LogP contribution is -2.36. The third-order valence-corrected chi connectivity index (χ3v) is 8.29. The van der Waals surface area contributed by atoms with Crippen molar-refractivity contribution in [3.63, 3.8) is 0 Å². The molecular weight excluding hydrogens is 324 g/mol. The van der Waals surface area contributed by atoms with E-state index in [0.717, 1.165) is 23.7 Å². The third kappa shape index (κ3) is 4.80. The lowest BCUT2D eigenvalue weighted by atomic mass is 9.60. The molecule has 3 fully saturated rings. The van der Waals surface area contributed by atoms with Gasteiger partial charge in [0.05, 0.1) is 0 Å². The Kier molecular flexibility index (Phi) is 7.09. The molecule has 0 radical (unpaired) electrons. The lowest BCUT2D eigenvalue weighted by Gasteiger charge is -2.44. The van der Waals surface area contributed by atoms with Gasteiger partial charge in [0.15, 0.2) is 0 Å². The van der Waals surface area contributed by atoms with E-state index in [1.165, 1.54) is 88.2 Å². The fourth-order valence-electron chi connectivity index (χ4n) is 6.66. The van der Waals surface area contributed by atoms with E-state index in [2.05, 4.69) is 46.4 Å². The molecule has 152 valence electrons. The van der Waals surface area contributed by atoms with Gasteiger partial charge in [-0.3, -0.25) is 0 Å². The summed E-state index contributed by atoms with van der Waals surface area (Å²) >= 11 is 0. The van der Waals surface area contributed by atoms with Crippen molar-refractivity contribution in [2.45, 2.75) is 105 Å². The van der Waals surface area contributed by atoms with Crippen LogP contribution >= 0.6 is 0 Å². The van der Waals surface area contributed by atoms with Crippen molar-refractivity contribution in [1.82, 2.24) is 0 Å². The maximum atomic E-state index is 4.32. The molecule has 4 atom stereocenters. The van der Waals surface area contributed by atoms with Crippen molar-refractivity contribution in [3.05, 3.63) is 35.5 Å². The van der Waals surface area contributed by atoms with E-state index in [4.69, 9.17) is 0 Å². The maximum absolute atomic E-state index is 4.32. The van der Waals surface area contributed by atoms with Crippen LogP contribution in [0.1, 0.15) is 105 Å². The number of rotatable bonds is 6. The van der Waals surface area contributed by atoms with Crippen molar-refractivity contribution in [2.24, 2.45) is 29.1 Å². The second-order valence-electron chi connectivity index (χ2n) is 10.6. The minimum Gasteiger partial charge on any atom is -0.0956 e. The molecule has 0 heteroatoms. The van der Waals surface area contributed by atoms with Gasteiger partial charge < -0.3 is 0 Å². The van der Waals surface area contributed by atoms with Crippen molar-refractivity contribution >= 4 is 0 Å². The minimum atomic E-state index is 0.559. The van der Waals surface area contributed by atoms with E-state index >= 15 is 0 Å². The van der Waals surface area contributed by atoms with Gasteiger partial charge in [-0.15, -0.1) is 0 Å². The summed E-state index contributed by atoms with van der Waals surface area (Å²) in [5.74, 6) is 3.54. The lowest BCUT2D eigenvalue weighted by molar-refractivity contribution is 0.0929. The minimum absolute atomic E-state index is 0.559. The molecule has 0 amide bonds. The Balaban J connectivity index is 1.69. The van der Waals surface area contributed by atoms with Crippen LogP contribution in [0.4, 0.5) is 0 Å². The first-order valence-electron chi connectivity index (χ1n) is 12.0. The molecule has 0 N–H and O–H groups in total. The molecular formula is C27H44. The molecule has 3 aliphatic rings. The Bertz CT molecular complexity index is 575. The highest BCUT2D eigenvalue weighted by molar-refractivity contribution is 5.35. The topological polar surface area (TPSA) is 0 Å². The Morgan fingerprint density at radius 3 is 2.52 bits per heavy atom. The van der Waals surface area contributed by atoms with Gasteiger partial charge in [0, 0.05) is 0 Å². The van der Waals surface area contributed by atoms with Crippen LogP contribution in [0.25, 0.3) is 0 Å². The predicted octanol–water partition coefficient (Wildman–Crippen LogP) is 8.65. The SMILES string of the molecule is C=C1CCCC/C1=C/C=C1\CCC[C@@]2(C)[C@H]1CC[C@H]2[C@@H](C)CCCC(C)C. The first-order valence-corrected chi connectivity index (χ1v) is 12.0. The average Bonchev–Trinajstić information content (AvgIpc) is 2.98. The summed E-state index contributed by atoms with van der Waals surface area (Å²) < 4.78 is 0. The molecule has 0 nitrogen and oxygen atoms in total. The number of hydrogen-bond acceptors (Lipinski definition) is 0. The van der Waals surface area contributed by atoms with Crippen molar-refractivity contribution in [2.75, 3.05) is 0 Å². The average molecular weight is 369 g/mol. The molecule has 0 heterocycles. The van der Waals surface area contributed by atoms with Crippen molar-refractivity contribution in [1.29, 1.82) is 0 Å². The highest BCUT2D eigenvalue weighted by atomic mass is 14.5. The zero-order chi connectivity index (χ0) is 19.4. The standard InChI is InChI=1S/C27H44/c1-20(2)10-8-12-22(4)25-17-18-26-24(14-9-19-27(25,26)5)16-15-23-13-7-6-11-21(23)3/h15-16,20,22,25-26H,3,6-14,17-19H2,1-2,4-5H3/b23-15-,24-16+/t22-,25-,26-,27+/m0/s1. The predicted molar refractivity (Wildman–Crippen MR) is 120 cm³/mol. The molecule has 3 aliphatic carbocycles. The highest BCUT2D eigenvalue weighted by Crippen LogP contribution is 2.59. The van der Waals surface area contributed by atoms with Gasteiger partial charge >= 0.3 is 0 Å². The molecule has 0 aromatic carbocycles. The van der Waals surface area contributed by atoms with Gasteiger partial charge in [-0.1, -0.05) is 76.8 Å². The quantitative estimate of drug-likeness (QED) is 0.440. The summed E-state index contributed by atoms with van der Waals surface area (Å²) in [7, 11) is 0. The molecule has 27 heavy (non-hydrogen) atoms. The van der Waals surface area contributed by atoms with E-state index in [0.29, 0.717) is 5.41 Å². The zero-order valence-corrected chi connectivity index (χ0v) is 18.7. The first kappa shape index (κ1) is 20.9. The second kappa shape index (κ2) is 9.15. The fourth-order valence-corrected chi connectivity index (χ4v) is 6.66. The van der Waals surface area contributed by atoms with Crippen LogP contribution in [-0.2, 0) is 0 Å². The van der Waals surface area contributed by atoms with Crippen LogP contribution in [-0.4, -0.2) is 0 Å². The summed E-state index contributed by atoms with van der Waals surface area (Å²) in [4.78, 5) is 0. The normalized spacial score (nSPS) is 35.8. The Labute approximate surface area is 169 Å². The molecule has 0 unspecified atom stereocenters. The monoisotopic (exact) mass is 368 g/mol. The van der Waals surface area contributed by atoms with Gasteiger partial charge in [0.25, 0.3) is 0 Å². The van der Waals surface area contributed by atoms with E-state index in [-0.39, 0.29) is 0 Å². The van der Waals surface area contributed by atoms with Crippen LogP contribution in [0, 0.1) is 29.1 Å². The molecule has 0 aromatic rings. The summed E-state index contributed by atoms with van der Waals surface area (Å²) in [6.07, 6.45) is 21.5. The van der Waals surface area contributed by atoms with E-state index < -0.39 is 0 Å². The largest absolute Gasteiger partial charge is 0.0956 e. The smallest absolute Gasteiger partial charge is 0.0143 e. The van der Waals surface area contributed by atoms with Gasteiger partial charge in [-0.2, -0.15) is 0 Å². The maximum Gasteiger partial charge on any atom is -0.0143 e. The van der Waals surface area contributed by atoms with Gasteiger partial charge in [-0.05, 0) is 92.4 Å². The molecule has 0 saturated heterocycles. The van der Waals surface area contributed by atoms with Crippen LogP contribution in [0.5, 0.6) is 0 Å². The Morgan fingerprint density at radius 2 is 1.78 bits per heavy atom. The van der Waals surface area contributed by atoms with Crippen LogP contribution in [0.2, 0.25) is 0 Å².